The highest BCUT2D eigenvalue weighted by Gasteiger charge is 2.32. The molecule has 1 fully saturated rings. The molecule has 0 aromatic carbocycles. The molecule has 1 atom stereocenters. The molecule has 0 saturated carbocycles. The highest BCUT2D eigenvalue weighted by Crippen LogP contribution is 2.22. The van der Waals surface area contributed by atoms with E-state index >= 15 is 0 Å². The van der Waals surface area contributed by atoms with Crippen LogP contribution in [-0.2, 0) is 4.79 Å². The molecule has 0 radical (unpaired) electrons. The van der Waals surface area contributed by atoms with E-state index in [4.69, 9.17) is 0 Å². The summed E-state index contributed by atoms with van der Waals surface area (Å²) in [6.07, 6.45) is 10.5. The van der Waals surface area contributed by atoms with Crippen LogP contribution >= 0.6 is 0 Å². The van der Waals surface area contributed by atoms with Crippen molar-refractivity contribution in [3.05, 3.63) is 12.7 Å². The zero-order valence-electron chi connectivity index (χ0n) is 10.6. The zero-order chi connectivity index (χ0) is 11.9. The standard InChI is InChI=1S/C14H25NO/c1-3-4-5-6-7-10-13(16)14(2)11-8-9-12-15-14/h3,15H,1,4-12H2,2H3. The molecule has 0 spiro atoms. The quantitative estimate of drug-likeness (QED) is 0.530. The number of piperidine rings is 1. The van der Waals surface area contributed by atoms with Crippen LogP contribution in [0.5, 0.6) is 0 Å². The lowest BCUT2D eigenvalue weighted by Gasteiger charge is -2.33. The molecule has 1 N–H and O–H groups in total. The smallest absolute Gasteiger partial charge is 0.152 e. The van der Waals surface area contributed by atoms with Crippen molar-refractivity contribution < 1.29 is 4.79 Å². The third kappa shape index (κ3) is 4.09. The molecule has 0 amide bonds. The lowest BCUT2D eigenvalue weighted by molar-refractivity contribution is -0.125. The summed E-state index contributed by atoms with van der Waals surface area (Å²) in [5, 5.41) is 3.38. The van der Waals surface area contributed by atoms with Gasteiger partial charge in [-0.1, -0.05) is 12.5 Å². The van der Waals surface area contributed by atoms with Crippen molar-refractivity contribution in [2.24, 2.45) is 0 Å². The van der Waals surface area contributed by atoms with Crippen LogP contribution in [0.4, 0.5) is 0 Å². The number of carbonyl (C=O) groups excluding carboxylic acids is 1. The number of unbranched alkanes of at least 4 members (excludes halogenated alkanes) is 3. The van der Waals surface area contributed by atoms with Crippen LogP contribution in [0.3, 0.4) is 0 Å². The number of Topliss-reactive ketones (excluding diaryl/α,β-unsaturated/α-hetero) is 1. The number of ketones is 1. The Kier molecular flexibility index (Phi) is 5.75. The van der Waals surface area contributed by atoms with Gasteiger partial charge >= 0.3 is 0 Å². The van der Waals surface area contributed by atoms with Gasteiger partial charge in [-0.2, -0.15) is 0 Å². The summed E-state index contributed by atoms with van der Waals surface area (Å²) in [6, 6.07) is 0. The fraction of sp³-hybridized carbons (Fsp3) is 0.786. The van der Waals surface area contributed by atoms with Gasteiger partial charge in [0.2, 0.25) is 0 Å². The second kappa shape index (κ2) is 6.85. The monoisotopic (exact) mass is 223 g/mol. The minimum atomic E-state index is -0.226. The predicted molar refractivity (Wildman–Crippen MR) is 68.5 cm³/mol. The molecule has 1 unspecified atom stereocenters. The van der Waals surface area contributed by atoms with Gasteiger partial charge in [0.25, 0.3) is 0 Å². The van der Waals surface area contributed by atoms with Gasteiger partial charge < -0.3 is 5.32 Å². The van der Waals surface area contributed by atoms with Crippen LogP contribution in [0.2, 0.25) is 0 Å². The molecule has 0 aliphatic carbocycles. The summed E-state index contributed by atoms with van der Waals surface area (Å²) < 4.78 is 0. The Morgan fingerprint density at radius 2 is 2.19 bits per heavy atom. The van der Waals surface area contributed by atoms with Crippen LogP contribution in [0.1, 0.15) is 58.3 Å². The number of carbonyl (C=O) groups is 1. The van der Waals surface area contributed by atoms with Gasteiger partial charge in [-0.25, -0.2) is 0 Å². The number of hydrogen-bond donors (Lipinski definition) is 1. The fourth-order valence-corrected chi connectivity index (χ4v) is 2.32. The molecule has 1 rings (SSSR count). The highest BCUT2D eigenvalue weighted by molar-refractivity contribution is 5.88. The van der Waals surface area contributed by atoms with Crippen molar-refractivity contribution in [3.8, 4) is 0 Å². The maximum atomic E-state index is 12.1. The van der Waals surface area contributed by atoms with Crippen LogP contribution in [0.25, 0.3) is 0 Å². The summed E-state index contributed by atoms with van der Waals surface area (Å²) in [5.41, 5.74) is -0.226. The molecule has 1 aliphatic rings. The van der Waals surface area contributed by atoms with Crippen LogP contribution < -0.4 is 5.32 Å². The molecule has 0 aromatic rings. The summed E-state index contributed by atoms with van der Waals surface area (Å²) in [6.45, 7) is 6.77. The Bertz CT molecular complexity index is 229. The number of hydrogen-bond acceptors (Lipinski definition) is 2. The molecule has 1 heterocycles. The normalized spacial score (nSPS) is 25.3. The zero-order valence-corrected chi connectivity index (χ0v) is 10.6. The molecular weight excluding hydrogens is 198 g/mol. The molecule has 0 bridgehead atoms. The van der Waals surface area contributed by atoms with E-state index in [1.54, 1.807) is 0 Å². The van der Waals surface area contributed by atoms with Crippen molar-refractivity contribution in [1.29, 1.82) is 0 Å². The van der Waals surface area contributed by atoms with E-state index in [1.165, 1.54) is 19.3 Å². The average molecular weight is 223 g/mol. The van der Waals surface area contributed by atoms with Crippen molar-refractivity contribution in [1.82, 2.24) is 5.32 Å². The maximum Gasteiger partial charge on any atom is 0.152 e. The first-order valence-corrected chi connectivity index (χ1v) is 6.58. The summed E-state index contributed by atoms with van der Waals surface area (Å²) in [4.78, 5) is 12.1. The largest absolute Gasteiger partial charge is 0.305 e. The maximum absolute atomic E-state index is 12.1. The molecule has 92 valence electrons. The van der Waals surface area contributed by atoms with Crippen LogP contribution in [-0.4, -0.2) is 17.9 Å². The molecule has 1 aliphatic heterocycles. The lowest BCUT2D eigenvalue weighted by atomic mass is 9.84. The second-order valence-corrected chi connectivity index (χ2v) is 5.03. The number of allylic oxidation sites excluding steroid dienone is 1. The van der Waals surface area contributed by atoms with E-state index in [0.29, 0.717) is 5.78 Å². The third-order valence-corrected chi connectivity index (χ3v) is 3.55. The van der Waals surface area contributed by atoms with E-state index in [9.17, 15) is 4.79 Å². The Balaban J connectivity index is 2.20. The molecular formula is C14H25NO. The first-order valence-electron chi connectivity index (χ1n) is 6.58. The first-order chi connectivity index (χ1) is 7.69. The van der Waals surface area contributed by atoms with E-state index in [-0.39, 0.29) is 5.54 Å². The number of rotatable bonds is 7. The fourth-order valence-electron chi connectivity index (χ4n) is 2.32. The SMILES string of the molecule is C=CCCCCCC(=O)C1(C)CCCCN1. The summed E-state index contributed by atoms with van der Waals surface area (Å²) >= 11 is 0. The van der Waals surface area contributed by atoms with Crippen LogP contribution in [0, 0.1) is 0 Å². The van der Waals surface area contributed by atoms with Crippen LogP contribution in [0.15, 0.2) is 12.7 Å². The van der Waals surface area contributed by atoms with Gasteiger partial charge in [-0.15, -0.1) is 6.58 Å². The van der Waals surface area contributed by atoms with Crippen molar-refractivity contribution in [3.63, 3.8) is 0 Å². The van der Waals surface area contributed by atoms with Gasteiger partial charge in [-0.3, -0.25) is 4.79 Å². The molecule has 1 saturated heterocycles. The summed E-state index contributed by atoms with van der Waals surface area (Å²) in [7, 11) is 0. The highest BCUT2D eigenvalue weighted by atomic mass is 16.1. The number of nitrogens with one attached hydrogen (secondary N) is 1. The topological polar surface area (TPSA) is 29.1 Å². The molecule has 0 aromatic heterocycles. The van der Waals surface area contributed by atoms with E-state index in [2.05, 4.69) is 18.8 Å². The van der Waals surface area contributed by atoms with Gasteiger partial charge in [0.1, 0.15) is 0 Å². The lowest BCUT2D eigenvalue weighted by Crippen LogP contribution is -2.52. The van der Waals surface area contributed by atoms with Gasteiger partial charge in [-0.05, 0) is 52.0 Å². The third-order valence-electron chi connectivity index (χ3n) is 3.55. The first kappa shape index (κ1) is 13.4. The van der Waals surface area contributed by atoms with Gasteiger partial charge in [0, 0.05) is 6.42 Å². The van der Waals surface area contributed by atoms with Gasteiger partial charge in [0.15, 0.2) is 5.78 Å². The molecule has 16 heavy (non-hydrogen) atoms. The molecule has 2 nitrogen and oxygen atoms in total. The Labute approximate surface area is 99.5 Å². The van der Waals surface area contributed by atoms with Crippen molar-refractivity contribution in [2.45, 2.75) is 63.8 Å². The van der Waals surface area contributed by atoms with Crippen molar-refractivity contribution in [2.75, 3.05) is 6.54 Å². The predicted octanol–water partition coefficient (Wildman–Crippen LogP) is 3.22. The average Bonchev–Trinajstić information content (AvgIpc) is 2.29. The Morgan fingerprint density at radius 1 is 1.38 bits per heavy atom. The van der Waals surface area contributed by atoms with Gasteiger partial charge in [0.05, 0.1) is 5.54 Å². The van der Waals surface area contributed by atoms with E-state index < -0.39 is 0 Å². The van der Waals surface area contributed by atoms with E-state index in [0.717, 1.165) is 38.6 Å². The minimum Gasteiger partial charge on any atom is -0.305 e. The van der Waals surface area contributed by atoms with Crippen molar-refractivity contribution >= 4 is 5.78 Å². The van der Waals surface area contributed by atoms with E-state index in [1.807, 2.05) is 6.08 Å². The second-order valence-electron chi connectivity index (χ2n) is 5.03. The minimum absolute atomic E-state index is 0.226. The summed E-state index contributed by atoms with van der Waals surface area (Å²) in [5.74, 6) is 0.408. The Morgan fingerprint density at radius 3 is 2.81 bits per heavy atom. The Hall–Kier alpha value is -0.630. The molecule has 2 heteroatoms.